The third kappa shape index (κ3) is 5.63. The zero-order valence-corrected chi connectivity index (χ0v) is 34.3. The summed E-state index contributed by atoms with van der Waals surface area (Å²) in [5, 5.41) is 0. The van der Waals surface area contributed by atoms with Crippen molar-refractivity contribution < 1.29 is 14.3 Å². The first-order valence-corrected chi connectivity index (χ1v) is 21.3. The Morgan fingerprint density at radius 2 is 1.26 bits per heavy atom. The maximum Gasteiger partial charge on any atom is 0.302 e. The molecule has 0 spiro atoms. The molecule has 0 N–H and O–H groups in total. The van der Waals surface area contributed by atoms with E-state index in [0.29, 0.717) is 29.6 Å². The van der Waals surface area contributed by atoms with Crippen molar-refractivity contribution in [3.63, 3.8) is 0 Å². The van der Waals surface area contributed by atoms with Crippen LogP contribution in [0, 0.1) is 56.7 Å². The van der Waals surface area contributed by atoms with Crippen molar-refractivity contribution in [2.75, 3.05) is 6.61 Å². The fourth-order valence-corrected chi connectivity index (χ4v) is 15.1. The zero-order valence-electron chi connectivity index (χ0n) is 34.3. The Bertz CT molecular complexity index is 1740. The number of fused-ring (bicyclic) bond motifs is 7. The van der Waals surface area contributed by atoms with E-state index in [2.05, 4.69) is 133 Å². The maximum atomic E-state index is 12.3. The highest BCUT2D eigenvalue weighted by atomic mass is 16.5. The van der Waals surface area contributed by atoms with Crippen LogP contribution in [0.2, 0.25) is 0 Å². The summed E-state index contributed by atoms with van der Waals surface area (Å²) >= 11 is 0. The van der Waals surface area contributed by atoms with Crippen LogP contribution in [0.1, 0.15) is 129 Å². The van der Waals surface area contributed by atoms with Gasteiger partial charge < -0.3 is 9.47 Å². The molecule has 5 fully saturated rings. The van der Waals surface area contributed by atoms with E-state index < -0.39 is 5.60 Å². The smallest absolute Gasteiger partial charge is 0.302 e. The van der Waals surface area contributed by atoms with E-state index in [1.54, 1.807) is 6.92 Å². The monoisotopic (exact) mass is 727 g/mol. The summed E-state index contributed by atoms with van der Waals surface area (Å²) in [6.45, 7) is 22.3. The molecule has 3 heteroatoms. The highest BCUT2D eigenvalue weighted by Gasteiger charge is 2.71. The first kappa shape index (κ1) is 37.7. The summed E-state index contributed by atoms with van der Waals surface area (Å²) in [6, 6.07) is 32.9. The molecule has 288 valence electrons. The number of hydrogen-bond donors (Lipinski definition) is 0. The normalized spacial score (nSPS) is 38.3. The Morgan fingerprint density at radius 3 is 1.80 bits per heavy atom. The van der Waals surface area contributed by atoms with Crippen molar-refractivity contribution in [3.8, 4) is 0 Å². The first-order valence-electron chi connectivity index (χ1n) is 21.3. The molecule has 8 rings (SSSR count). The molecule has 3 nitrogen and oxygen atoms in total. The van der Waals surface area contributed by atoms with Crippen LogP contribution in [0.5, 0.6) is 0 Å². The molecule has 0 radical (unpaired) electrons. The van der Waals surface area contributed by atoms with Crippen LogP contribution in [0.3, 0.4) is 0 Å². The molecule has 1 unspecified atom stereocenters. The van der Waals surface area contributed by atoms with Crippen molar-refractivity contribution in [1.82, 2.24) is 0 Å². The predicted octanol–water partition coefficient (Wildman–Crippen LogP) is 12.6. The van der Waals surface area contributed by atoms with Gasteiger partial charge in [-0.3, -0.25) is 4.79 Å². The summed E-state index contributed by atoms with van der Waals surface area (Å²) < 4.78 is 13.9. The van der Waals surface area contributed by atoms with Crippen LogP contribution in [0.15, 0.2) is 103 Å². The number of esters is 1. The molecule has 54 heavy (non-hydrogen) atoms. The number of benzene rings is 3. The molecule has 5 aliphatic rings. The van der Waals surface area contributed by atoms with Crippen LogP contribution in [-0.2, 0) is 19.9 Å². The molecule has 0 heterocycles. The van der Waals surface area contributed by atoms with Crippen molar-refractivity contribution in [1.29, 1.82) is 0 Å². The Labute approximate surface area is 326 Å². The van der Waals surface area contributed by atoms with Gasteiger partial charge in [0.1, 0.15) is 11.7 Å². The lowest BCUT2D eigenvalue weighted by atomic mass is 9.32. The molecule has 3 aromatic rings. The minimum absolute atomic E-state index is 0.0181. The molecular formula is C51H66O3. The SMILES string of the molecule is C=C(C)[C@@H]1CC[C@]2(COC(c3ccccc3)(c3ccccc3)c3ccccc3)CC[C@]3(C)[C@H](CC[C@@H]4[C@@]5(C)CC(OC(C)=O)CC(C)(C)[C@@H]5CC[C@]43C)[C@@H]12. The average molecular weight is 727 g/mol. The van der Waals surface area contributed by atoms with E-state index in [4.69, 9.17) is 16.1 Å². The van der Waals surface area contributed by atoms with E-state index in [0.717, 1.165) is 19.4 Å². The summed E-state index contributed by atoms with van der Waals surface area (Å²) in [4.78, 5) is 12.3. The topological polar surface area (TPSA) is 35.5 Å². The molecular weight excluding hydrogens is 661 g/mol. The molecule has 0 amide bonds. The molecule has 10 atom stereocenters. The molecule has 0 aromatic heterocycles. The second-order valence-corrected chi connectivity index (χ2v) is 20.2. The van der Waals surface area contributed by atoms with Crippen LogP contribution in [0.4, 0.5) is 0 Å². The van der Waals surface area contributed by atoms with Gasteiger partial charge in [-0.05, 0) is 144 Å². The Balaban J connectivity index is 1.18. The van der Waals surface area contributed by atoms with Gasteiger partial charge in [-0.25, -0.2) is 0 Å². The van der Waals surface area contributed by atoms with Gasteiger partial charge in [-0.2, -0.15) is 0 Å². The van der Waals surface area contributed by atoms with Crippen molar-refractivity contribution >= 4 is 5.97 Å². The highest BCUT2D eigenvalue weighted by molar-refractivity contribution is 5.66. The average Bonchev–Trinajstić information content (AvgIpc) is 3.53. The summed E-state index contributed by atoms with van der Waals surface area (Å²) in [5.74, 6) is 2.85. The number of hydrogen-bond acceptors (Lipinski definition) is 3. The van der Waals surface area contributed by atoms with Crippen LogP contribution >= 0.6 is 0 Å². The molecule has 0 saturated heterocycles. The van der Waals surface area contributed by atoms with Gasteiger partial charge in [0.2, 0.25) is 0 Å². The van der Waals surface area contributed by atoms with E-state index in [9.17, 15) is 4.79 Å². The standard InChI is InChI=1S/C51H66O3/c1-35(2)41-26-29-50(34-53-51(37-18-12-9-13-19-37,38-20-14-10-15-21-38)39-22-16-11-17-23-39)31-30-48(7)42(45(41)50)24-25-44-47(6)33-40(54-36(3)52)32-46(4,5)43(47)27-28-49(44,48)8/h9-23,40-45H,1,24-34H2,2-8H3/t40?,41-,42+,43-,44+,45+,47-,48+,49+,50+/m0/s1. The quantitative estimate of drug-likeness (QED) is 0.132. The Kier molecular flexibility index (Phi) is 9.43. The molecule has 5 saturated carbocycles. The van der Waals surface area contributed by atoms with Gasteiger partial charge in [-0.1, -0.05) is 138 Å². The summed E-state index contributed by atoms with van der Waals surface area (Å²) in [7, 11) is 0. The van der Waals surface area contributed by atoms with Gasteiger partial charge in [0, 0.05) is 6.92 Å². The first-order chi connectivity index (χ1) is 25.7. The molecule has 3 aromatic carbocycles. The number of rotatable bonds is 8. The fraction of sp³-hybridized carbons (Fsp3) is 0.588. The number of carbonyl (C=O) groups excluding carboxylic acids is 1. The Morgan fingerprint density at radius 1 is 0.685 bits per heavy atom. The van der Waals surface area contributed by atoms with E-state index in [-0.39, 0.29) is 39.1 Å². The Hall–Kier alpha value is -3.17. The molecule has 0 aliphatic heterocycles. The molecule has 0 bridgehead atoms. The van der Waals surface area contributed by atoms with Gasteiger partial charge in [0.05, 0.1) is 6.61 Å². The van der Waals surface area contributed by atoms with Crippen LogP contribution in [-0.4, -0.2) is 18.7 Å². The lowest BCUT2D eigenvalue weighted by Crippen LogP contribution is -2.66. The van der Waals surface area contributed by atoms with Gasteiger partial charge in [-0.15, -0.1) is 0 Å². The van der Waals surface area contributed by atoms with Gasteiger partial charge in [0.25, 0.3) is 0 Å². The lowest BCUT2D eigenvalue weighted by molar-refractivity contribution is -0.251. The summed E-state index contributed by atoms with van der Waals surface area (Å²) in [6.07, 6.45) is 12.0. The summed E-state index contributed by atoms with van der Waals surface area (Å²) in [5.41, 5.74) is 5.07. The van der Waals surface area contributed by atoms with Crippen molar-refractivity contribution in [3.05, 3.63) is 120 Å². The molecule has 5 aliphatic carbocycles. The predicted molar refractivity (Wildman–Crippen MR) is 220 cm³/mol. The third-order valence-electron chi connectivity index (χ3n) is 17.3. The second-order valence-electron chi connectivity index (χ2n) is 20.2. The fourth-order valence-electron chi connectivity index (χ4n) is 15.1. The van der Waals surface area contributed by atoms with Crippen molar-refractivity contribution in [2.45, 2.75) is 124 Å². The van der Waals surface area contributed by atoms with E-state index >= 15 is 0 Å². The second kappa shape index (κ2) is 13.5. The number of ether oxygens (including phenoxy) is 2. The number of carbonyl (C=O) groups is 1. The number of allylic oxidation sites excluding steroid dienone is 1. The zero-order chi connectivity index (χ0) is 38.1. The van der Waals surface area contributed by atoms with Gasteiger partial charge in [0.15, 0.2) is 0 Å². The van der Waals surface area contributed by atoms with E-state index in [1.165, 1.54) is 73.6 Å². The van der Waals surface area contributed by atoms with Crippen LogP contribution < -0.4 is 0 Å². The minimum atomic E-state index is -0.714. The maximum absolute atomic E-state index is 12.3. The highest BCUT2D eigenvalue weighted by Crippen LogP contribution is 2.77. The van der Waals surface area contributed by atoms with Gasteiger partial charge >= 0.3 is 5.97 Å². The largest absolute Gasteiger partial charge is 0.463 e. The van der Waals surface area contributed by atoms with Crippen LogP contribution in [0.25, 0.3) is 0 Å². The lowest BCUT2D eigenvalue weighted by Gasteiger charge is -2.73. The minimum Gasteiger partial charge on any atom is -0.463 e. The van der Waals surface area contributed by atoms with E-state index in [1.807, 2.05) is 0 Å². The third-order valence-corrected chi connectivity index (χ3v) is 17.3. The van der Waals surface area contributed by atoms with Crippen molar-refractivity contribution in [2.24, 2.45) is 56.7 Å².